The molecule has 0 heterocycles. The van der Waals surface area contributed by atoms with Crippen molar-refractivity contribution in [2.45, 2.75) is 19.4 Å². The van der Waals surface area contributed by atoms with Gasteiger partial charge in [-0.05, 0) is 18.6 Å². The molecule has 18 heavy (non-hydrogen) atoms. The normalized spacial score (nSPS) is 11.7. The fourth-order valence-corrected chi connectivity index (χ4v) is 1.40. The number of benzene rings is 1. The molecule has 0 fully saturated rings. The lowest BCUT2D eigenvalue weighted by atomic mass is 10.2. The van der Waals surface area contributed by atoms with Crippen molar-refractivity contribution in [3.63, 3.8) is 0 Å². The van der Waals surface area contributed by atoms with Gasteiger partial charge in [0, 0.05) is 11.8 Å². The Balaban J connectivity index is 2.90. The van der Waals surface area contributed by atoms with E-state index in [1.54, 1.807) is 13.0 Å². The van der Waals surface area contributed by atoms with Crippen LogP contribution >= 0.6 is 0 Å². The number of amides is 1. The van der Waals surface area contributed by atoms with Crippen molar-refractivity contribution in [3.05, 3.63) is 23.8 Å². The van der Waals surface area contributed by atoms with Crippen molar-refractivity contribution < 1.29 is 19.1 Å². The highest BCUT2D eigenvalue weighted by Gasteiger charge is 2.19. The van der Waals surface area contributed by atoms with E-state index in [4.69, 9.17) is 20.9 Å². The molecule has 0 bridgehead atoms. The molecule has 0 aliphatic carbocycles. The smallest absolute Gasteiger partial charge is 0.339 e. The number of nitrogen functional groups attached to an aromatic ring is 1. The van der Waals surface area contributed by atoms with E-state index in [1.165, 1.54) is 19.2 Å². The van der Waals surface area contributed by atoms with E-state index in [1.807, 2.05) is 0 Å². The second kappa shape index (κ2) is 5.90. The van der Waals surface area contributed by atoms with Crippen molar-refractivity contribution in [2.24, 2.45) is 5.73 Å². The highest BCUT2D eigenvalue weighted by molar-refractivity contribution is 5.93. The predicted molar refractivity (Wildman–Crippen MR) is 66.1 cm³/mol. The second-order valence-corrected chi connectivity index (χ2v) is 3.70. The molecule has 1 aromatic rings. The lowest BCUT2D eigenvalue weighted by Crippen LogP contribution is -2.32. The predicted octanol–water partition coefficient (Wildman–Crippen LogP) is 0.698. The maximum absolute atomic E-state index is 11.8. The minimum atomic E-state index is -0.940. The van der Waals surface area contributed by atoms with Crippen LogP contribution in [0.4, 0.5) is 5.69 Å². The number of esters is 1. The van der Waals surface area contributed by atoms with E-state index in [-0.39, 0.29) is 5.56 Å². The Morgan fingerprint density at radius 2 is 2.00 bits per heavy atom. The van der Waals surface area contributed by atoms with Gasteiger partial charge >= 0.3 is 5.97 Å². The van der Waals surface area contributed by atoms with Crippen LogP contribution in [0.1, 0.15) is 23.7 Å². The summed E-state index contributed by atoms with van der Waals surface area (Å²) >= 11 is 0. The van der Waals surface area contributed by atoms with Gasteiger partial charge in [-0.2, -0.15) is 0 Å². The monoisotopic (exact) mass is 252 g/mol. The van der Waals surface area contributed by atoms with E-state index in [9.17, 15) is 9.59 Å². The van der Waals surface area contributed by atoms with Gasteiger partial charge in [-0.3, -0.25) is 4.79 Å². The molecular weight excluding hydrogens is 236 g/mol. The van der Waals surface area contributed by atoms with Crippen LogP contribution in [-0.4, -0.2) is 25.1 Å². The van der Waals surface area contributed by atoms with Crippen LogP contribution in [-0.2, 0) is 9.53 Å². The van der Waals surface area contributed by atoms with Gasteiger partial charge in [0.25, 0.3) is 5.91 Å². The molecular formula is C12H16N2O4. The van der Waals surface area contributed by atoms with Crippen LogP contribution < -0.4 is 16.2 Å². The zero-order valence-corrected chi connectivity index (χ0v) is 10.3. The first-order chi connectivity index (χ1) is 8.47. The molecule has 6 heteroatoms. The molecule has 1 rings (SSSR count). The number of nitrogens with two attached hydrogens (primary N) is 2. The Kier molecular flexibility index (Phi) is 4.53. The van der Waals surface area contributed by atoms with Crippen LogP contribution in [0.15, 0.2) is 18.2 Å². The summed E-state index contributed by atoms with van der Waals surface area (Å²) in [6.45, 7) is 1.70. The van der Waals surface area contributed by atoms with Crippen molar-refractivity contribution in [3.8, 4) is 5.75 Å². The SMILES string of the molecule is CCC(OC(=O)c1cc(N)cc(OC)c1)C(N)=O. The van der Waals surface area contributed by atoms with Gasteiger partial charge in [-0.25, -0.2) is 4.79 Å². The number of hydrogen-bond donors (Lipinski definition) is 2. The van der Waals surface area contributed by atoms with E-state index in [0.29, 0.717) is 17.9 Å². The lowest BCUT2D eigenvalue weighted by Gasteiger charge is -2.13. The molecule has 6 nitrogen and oxygen atoms in total. The zero-order chi connectivity index (χ0) is 13.7. The van der Waals surface area contributed by atoms with Gasteiger partial charge in [0.2, 0.25) is 0 Å². The van der Waals surface area contributed by atoms with E-state index in [2.05, 4.69) is 0 Å². The zero-order valence-electron chi connectivity index (χ0n) is 10.3. The molecule has 98 valence electrons. The number of rotatable bonds is 5. The minimum absolute atomic E-state index is 0.214. The molecule has 1 aromatic carbocycles. The standard InChI is InChI=1S/C12H16N2O4/c1-3-10(11(14)15)18-12(16)7-4-8(13)6-9(5-7)17-2/h4-6,10H,3,13H2,1-2H3,(H2,14,15). The maximum atomic E-state index is 11.8. The van der Waals surface area contributed by atoms with Gasteiger partial charge < -0.3 is 20.9 Å². The Bertz CT molecular complexity index is 459. The minimum Gasteiger partial charge on any atom is -0.497 e. The third-order valence-corrected chi connectivity index (χ3v) is 2.34. The molecule has 0 saturated heterocycles. The first-order valence-electron chi connectivity index (χ1n) is 5.42. The molecule has 0 aromatic heterocycles. The highest BCUT2D eigenvalue weighted by Crippen LogP contribution is 2.19. The molecule has 0 radical (unpaired) electrons. The van der Waals surface area contributed by atoms with Gasteiger partial charge in [-0.1, -0.05) is 6.92 Å². The average molecular weight is 252 g/mol. The van der Waals surface area contributed by atoms with Crippen LogP contribution in [0.5, 0.6) is 5.75 Å². The third-order valence-electron chi connectivity index (χ3n) is 2.34. The van der Waals surface area contributed by atoms with Crippen LogP contribution in [0, 0.1) is 0 Å². The average Bonchev–Trinajstić information content (AvgIpc) is 2.34. The van der Waals surface area contributed by atoms with Gasteiger partial charge in [0.15, 0.2) is 6.10 Å². The number of primary amides is 1. The molecule has 0 spiro atoms. The fourth-order valence-electron chi connectivity index (χ4n) is 1.40. The third kappa shape index (κ3) is 3.38. The first-order valence-corrected chi connectivity index (χ1v) is 5.42. The fraction of sp³-hybridized carbons (Fsp3) is 0.333. The van der Waals surface area contributed by atoms with Gasteiger partial charge in [0.05, 0.1) is 12.7 Å². The molecule has 1 unspecified atom stereocenters. The number of methoxy groups -OCH3 is 1. The molecule has 0 saturated carbocycles. The summed E-state index contributed by atoms with van der Waals surface area (Å²) in [7, 11) is 1.46. The van der Waals surface area contributed by atoms with Crippen LogP contribution in [0.3, 0.4) is 0 Å². The Morgan fingerprint density at radius 1 is 1.33 bits per heavy atom. The van der Waals surface area contributed by atoms with Crippen molar-refractivity contribution in [1.82, 2.24) is 0 Å². The summed E-state index contributed by atoms with van der Waals surface area (Å²) in [4.78, 5) is 22.8. The lowest BCUT2D eigenvalue weighted by molar-refractivity contribution is -0.126. The molecule has 0 aliphatic rings. The van der Waals surface area contributed by atoms with Crippen molar-refractivity contribution >= 4 is 17.6 Å². The largest absolute Gasteiger partial charge is 0.497 e. The summed E-state index contributed by atoms with van der Waals surface area (Å²) in [5.41, 5.74) is 11.3. The number of ether oxygens (including phenoxy) is 2. The number of carbonyl (C=O) groups is 2. The summed E-state index contributed by atoms with van der Waals surface area (Å²) < 4.78 is 9.96. The summed E-state index contributed by atoms with van der Waals surface area (Å²) in [6, 6.07) is 4.49. The number of hydrogen-bond acceptors (Lipinski definition) is 5. The molecule has 0 aliphatic heterocycles. The Labute approximate surface area is 105 Å². The van der Waals surface area contributed by atoms with Crippen LogP contribution in [0.25, 0.3) is 0 Å². The van der Waals surface area contributed by atoms with Gasteiger partial charge in [-0.15, -0.1) is 0 Å². The maximum Gasteiger partial charge on any atom is 0.339 e. The first kappa shape index (κ1) is 13.8. The van der Waals surface area contributed by atoms with Crippen molar-refractivity contribution in [1.29, 1.82) is 0 Å². The Hall–Kier alpha value is -2.24. The van der Waals surface area contributed by atoms with Crippen molar-refractivity contribution in [2.75, 3.05) is 12.8 Å². The number of carbonyl (C=O) groups excluding carboxylic acids is 2. The van der Waals surface area contributed by atoms with E-state index >= 15 is 0 Å². The topological polar surface area (TPSA) is 105 Å². The molecule has 4 N–H and O–H groups in total. The summed E-state index contributed by atoms with van der Waals surface area (Å²) in [6.07, 6.45) is -0.620. The molecule has 1 atom stereocenters. The van der Waals surface area contributed by atoms with E-state index in [0.717, 1.165) is 0 Å². The quantitative estimate of drug-likeness (QED) is 0.592. The summed E-state index contributed by atoms with van der Waals surface area (Å²) in [5, 5.41) is 0. The number of anilines is 1. The van der Waals surface area contributed by atoms with E-state index < -0.39 is 18.0 Å². The highest BCUT2D eigenvalue weighted by atomic mass is 16.5. The summed E-state index contributed by atoms with van der Waals surface area (Å²) in [5.74, 6) is -0.901. The Morgan fingerprint density at radius 3 is 2.50 bits per heavy atom. The van der Waals surface area contributed by atoms with Crippen LogP contribution in [0.2, 0.25) is 0 Å². The molecule has 1 amide bonds. The van der Waals surface area contributed by atoms with Gasteiger partial charge in [0.1, 0.15) is 5.75 Å². The second-order valence-electron chi connectivity index (χ2n) is 3.70.